The van der Waals surface area contributed by atoms with E-state index in [1.54, 1.807) is 12.1 Å². The molecule has 1 atom stereocenters. The van der Waals surface area contributed by atoms with Crippen molar-refractivity contribution in [2.45, 2.75) is 19.5 Å². The first-order valence-electron chi connectivity index (χ1n) is 8.52. The van der Waals surface area contributed by atoms with Gasteiger partial charge in [-0.2, -0.15) is 0 Å². The van der Waals surface area contributed by atoms with E-state index in [1.165, 1.54) is 12.1 Å². The largest absolute Gasteiger partial charge is 0.379 e. The van der Waals surface area contributed by atoms with Crippen LogP contribution in [-0.2, 0) is 23.1 Å². The molecule has 0 bridgehead atoms. The van der Waals surface area contributed by atoms with Gasteiger partial charge in [-0.25, -0.2) is 4.39 Å². The molecule has 1 aromatic heterocycles. The molecule has 1 N–H and O–H groups in total. The lowest BCUT2D eigenvalue weighted by Crippen LogP contribution is -2.45. The predicted molar refractivity (Wildman–Crippen MR) is 93.5 cm³/mol. The Morgan fingerprint density at radius 2 is 2.04 bits per heavy atom. The second-order valence-corrected chi connectivity index (χ2v) is 6.35. The summed E-state index contributed by atoms with van der Waals surface area (Å²) >= 11 is 0. The smallest absolute Gasteiger partial charge is 0.242 e. The average Bonchev–Trinajstić information content (AvgIpc) is 2.93. The van der Waals surface area contributed by atoms with Crippen LogP contribution >= 0.6 is 0 Å². The summed E-state index contributed by atoms with van der Waals surface area (Å²) in [6, 6.07) is 9.79. The Hall–Kier alpha value is -2.18. The van der Waals surface area contributed by atoms with Gasteiger partial charge in [-0.05, 0) is 36.8 Å². The molecule has 0 spiro atoms. The predicted octanol–water partition coefficient (Wildman–Crippen LogP) is 2.16. The summed E-state index contributed by atoms with van der Waals surface area (Å²) < 4.78 is 21.1. The van der Waals surface area contributed by atoms with Crippen LogP contribution in [0, 0.1) is 12.7 Å². The molecule has 0 aliphatic carbocycles. The zero-order valence-electron chi connectivity index (χ0n) is 14.7. The number of benzene rings is 1. The van der Waals surface area contributed by atoms with Crippen molar-refractivity contribution in [3.05, 3.63) is 59.2 Å². The van der Waals surface area contributed by atoms with E-state index >= 15 is 0 Å². The zero-order chi connectivity index (χ0) is 17.8. The SMILES string of the molecule is Cc1ccc(CNC(=O)C(c2cccc(F)c2)N2CCOCC2)n1C. The van der Waals surface area contributed by atoms with Crippen molar-refractivity contribution in [2.75, 3.05) is 26.3 Å². The summed E-state index contributed by atoms with van der Waals surface area (Å²) in [6.07, 6.45) is 0. The van der Waals surface area contributed by atoms with Gasteiger partial charge >= 0.3 is 0 Å². The standard InChI is InChI=1S/C19H24FN3O2/c1-14-6-7-17(22(14)2)13-21-19(24)18(23-8-10-25-11-9-23)15-4-3-5-16(20)12-15/h3-7,12,18H,8-11,13H2,1-2H3,(H,21,24). The van der Waals surface area contributed by atoms with Gasteiger partial charge in [-0.1, -0.05) is 12.1 Å². The lowest BCUT2D eigenvalue weighted by atomic mass is 10.0. The van der Waals surface area contributed by atoms with Crippen molar-refractivity contribution in [2.24, 2.45) is 7.05 Å². The summed E-state index contributed by atoms with van der Waals surface area (Å²) in [5, 5.41) is 3.00. The van der Waals surface area contributed by atoms with E-state index in [-0.39, 0.29) is 11.7 Å². The van der Waals surface area contributed by atoms with Crippen LogP contribution in [0.2, 0.25) is 0 Å². The third-order valence-corrected chi connectivity index (χ3v) is 4.74. The molecule has 1 aliphatic rings. The van der Waals surface area contributed by atoms with Crippen molar-refractivity contribution < 1.29 is 13.9 Å². The summed E-state index contributed by atoms with van der Waals surface area (Å²) in [4.78, 5) is 15.0. The fourth-order valence-corrected chi connectivity index (χ4v) is 3.16. The first-order valence-corrected chi connectivity index (χ1v) is 8.52. The number of morpholine rings is 1. The molecule has 3 rings (SSSR count). The second-order valence-electron chi connectivity index (χ2n) is 6.35. The Balaban J connectivity index is 1.78. The van der Waals surface area contributed by atoms with Crippen molar-refractivity contribution in [1.82, 2.24) is 14.8 Å². The van der Waals surface area contributed by atoms with E-state index in [0.29, 0.717) is 38.4 Å². The van der Waals surface area contributed by atoms with E-state index in [1.807, 2.05) is 35.6 Å². The number of nitrogens with zero attached hydrogens (tertiary/aromatic N) is 2. The van der Waals surface area contributed by atoms with Gasteiger partial charge in [-0.3, -0.25) is 9.69 Å². The van der Waals surface area contributed by atoms with Crippen LogP contribution in [0.25, 0.3) is 0 Å². The van der Waals surface area contributed by atoms with E-state index in [9.17, 15) is 9.18 Å². The first kappa shape index (κ1) is 17.6. The molecule has 2 heterocycles. The fraction of sp³-hybridized carbons (Fsp3) is 0.421. The van der Waals surface area contributed by atoms with Gasteiger partial charge in [0, 0.05) is 31.5 Å². The normalized spacial score (nSPS) is 16.6. The first-order chi connectivity index (χ1) is 12.1. The Labute approximate surface area is 147 Å². The van der Waals surface area contributed by atoms with Gasteiger partial charge in [0.1, 0.15) is 11.9 Å². The lowest BCUT2D eigenvalue weighted by molar-refractivity contribution is -0.128. The minimum atomic E-state index is -0.513. The quantitative estimate of drug-likeness (QED) is 0.903. The van der Waals surface area contributed by atoms with Crippen LogP contribution in [0.5, 0.6) is 0 Å². The highest BCUT2D eigenvalue weighted by Crippen LogP contribution is 2.23. The van der Waals surface area contributed by atoms with Crippen LogP contribution in [0.3, 0.4) is 0 Å². The zero-order valence-corrected chi connectivity index (χ0v) is 14.7. The second kappa shape index (κ2) is 7.80. The van der Waals surface area contributed by atoms with Crippen molar-refractivity contribution in [3.8, 4) is 0 Å². The van der Waals surface area contributed by atoms with E-state index in [4.69, 9.17) is 4.74 Å². The maximum Gasteiger partial charge on any atom is 0.242 e. The monoisotopic (exact) mass is 345 g/mol. The summed E-state index contributed by atoms with van der Waals surface area (Å²) in [5.41, 5.74) is 2.84. The number of amides is 1. The molecule has 1 aliphatic heterocycles. The molecule has 1 aromatic carbocycles. The summed E-state index contributed by atoms with van der Waals surface area (Å²) in [6.45, 7) is 4.93. The van der Waals surface area contributed by atoms with Crippen molar-refractivity contribution in [3.63, 3.8) is 0 Å². The van der Waals surface area contributed by atoms with Crippen LogP contribution in [0.4, 0.5) is 4.39 Å². The molecule has 0 saturated carbocycles. The molecule has 1 saturated heterocycles. The van der Waals surface area contributed by atoms with E-state index in [2.05, 4.69) is 5.32 Å². The van der Waals surface area contributed by atoms with Gasteiger partial charge in [0.2, 0.25) is 5.91 Å². The third kappa shape index (κ3) is 4.08. The maximum atomic E-state index is 13.7. The number of hydrogen-bond acceptors (Lipinski definition) is 3. The highest BCUT2D eigenvalue weighted by Gasteiger charge is 2.29. The number of halogens is 1. The number of nitrogens with one attached hydrogen (secondary N) is 1. The topological polar surface area (TPSA) is 46.5 Å². The maximum absolute atomic E-state index is 13.7. The molecule has 6 heteroatoms. The molecule has 1 amide bonds. The molecule has 134 valence electrons. The average molecular weight is 345 g/mol. The van der Waals surface area contributed by atoms with Crippen molar-refractivity contribution in [1.29, 1.82) is 0 Å². The van der Waals surface area contributed by atoms with Gasteiger partial charge in [-0.15, -0.1) is 0 Å². The highest BCUT2D eigenvalue weighted by molar-refractivity contribution is 5.83. The lowest BCUT2D eigenvalue weighted by Gasteiger charge is -2.33. The Morgan fingerprint density at radius 1 is 1.28 bits per heavy atom. The molecule has 2 aromatic rings. The summed E-state index contributed by atoms with van der Waals surface area (Å²) in [7, 11) is 1.98. The number of hydrogen-bond donors (Lipinski definition) is 1. The molecular formula is C19H24FN3O2. The Morgan fingerprint density at radius 3 is 2.68 bits per heavy atom. The minimum Gasteiger partial charge on any atom is -0.379 e. The number of aryl methyl sites for hydroxylation is 1. The number of rotatable bonds is 5. The molecule has 25 heavy (non-hydrogen) atoms. The summed E-state index contributed by atoms with van der Waals surface area (Å²) in [5.74, 6) is -0.451. The minimum absolute atomic E-state index is 0.119. The van der Waals surface area contributed by atoms with Crippen LogP contribution in [0.15, 0.2) is 36.4 Å². The fourth-order valence-electron chi connectivity index (χ4n) is 3.16. The van der Waals surface area contributed by atoms with E-state index in [0.717, 1.165) is 11.4 Å². The molecule has 1 fully saturated rings. The molecule has 1 unspecified atom stereocenters. The Bertz CT molecular complexity index is 738. The third-order valence-electron chi connectivity index (χ3n) is 4.74. The van der Waals surface area contributed by atoms with Crippen LogP contribution < -0.4 is 5.32 Å². The highest BCUT2D eigenvalue weighted by atomic mass is 19.1. The van der Waals surface area contributed by atoms with E-state index < -0.39 is 6.04 Å². The van der Waals surface area contributed by atoms with Crippen molar-refractivity contribution >= 4 is 5.91 Å². The van der Waals surface area contributed by atoms with Gasteiger partial charge < -0.3 is 14.6 Å². The number of carbonyl (C=O) groups is 1. The molecular weight excluding hydrogens is 321 g/mol. The number of aromatic nitrogens is 1. The molecule has 0 radical (unpaired) electrons. The number of ether oxygens (including phenoxy) is 1. The van der Waals surface area contributed by atoms with Gasteiger partial charge in [0.25, 0.3) is 0 Å². The number of carbonyl (C=O) groups excluding carboxylic acids is 1. The van der Waals surface area contributed by atoms with Crippen LogP contribution in [-0.4, -0.2) is 41.7 Å². The van der Waals surface area contributed by atoms with Gasteiger partial charge in [0.15, 0.2) is 0 Å². The Kier molecular flexibility index (Phi) is 5.50. The molecule has 5 nitrogen and oxygen atoms in total. The van der Waals surface area contributed by atoms with Gasteiger partial charge in [0.05, 0.1) is 19.8 Å². The van der Waals surface area contributed by atoms with Crippen LogP contribution in [0.1, 0.15) is 23.0 Å².